The number of hydrogen-bond acceptors (Lipinski definition) is 2. The fraction of sp³-hybridized carbons (Fsp3) is 0.278. The fourth-order valence-electron chi connectivity index (χ4n) is 3.01. The maximum atomic E-state index is 12.8. The molecule has 1 aliphatic rings. The van der Waals surface area contributed by atoms with E-state index in [1.54, 1.807) is 12.1 Å². The molecule has 0 fully saturated rings. The van der Waals surface area contributed by atoms with E-state index in [9.17, 15) is 9.00 Å². The van der Waals surface area contributed by atoms with Crippen molar-refractivity contribution >= 4 is 16.7 Å². The van der Waals surface area contributed by atoms with Crippen LogP contribution in [0.3, 0.4) is 0 Å². The highest BCUT2D eigenvalue weighted by Crippen LogP contribution is 2.35. The summed E-state index contributed by atoms with van der Waals surface area (Å²) in [4.78, 5) is 11.1. The smallest absolute Gasteiger partial charge is 0.248 e. The number of amides is 1. The van der Waals surface area contributed by atoms with Crippen molar-refractivity contribution < 1.29 is 9.00 Å². The monoisotopic (exact) mass is 313 g/mol. The summed E-state index contributed by atoms with van der Waals surface area (Å²) in [6.07, 6.45) is 3.15. The zero-order chi connectivity index (χ0) is 15.5. The lowest BCUT2D eigenvalue weighted by molar-refractivity contribution is 0.100. The minimum absolute atomic E-state index is 0.112. The first-order chi connectivity index (χ1) is 10.6. The molecule has 0 radical (unpaired) electrons. The van der Waals surface area contributed by atoms with E-state index in [2.05, 4.69) is 12.1 Å². The zero-order valence-electron chi connectivity index (χ0n) is 12.3. The van der Waals surface area contributed by atoms with E-state index in [1.165, 1.54) is 11.1 Å². The lowest BCUT2D eigenvalue weighted by Gasteiger charge is -2.24. The summed E-state index contributed by atoms with van der Waals surface area (Å²) in [5.41, 5.74) is 9.26. The lowest BCUT2D eigenvalue weighted by atomic mass is 9.91. The van der Waals surface area contributed by atoms with Gasteiger partial charge in [0, 0.05) is 22.1 Å². The Morgan fingerprint density at radius 1 is 1.14 bits per heavy atom. The van der Waals surface area contributed by atoms with Crippen LogP contribution in [0, 0.1) is 0 Å². The number of carbonyl (C=O) groups excluding carboxylic acids is 1. The molecule has 2 N–H and O–H groups in total. The second-order valence-corrected chi connectivity index (χ2v) is 7.29. The highest BCUT2D eigenvalue weighted by atomic mass is 32.2. The second-order valence-electron chi connectivity index (χ2n) is 5.67. The number of fused-ring (bicyclic) bond motifs is 1. The van der Waals surface area contributed by atoms with Crippen LogP contribution in [-0.2, 0) is 23.0 Å². The molecule has 3 nitrogen and oxygen atoms in total. The van der Waals surface area contributed by atoms with Gasteiger partial charge < -0.3 is 5.73 Å². The van der Waals surface area contributed by atoms with Gasteiger partial charge in [0.05, 0.1) is 5.25 Å². The van der Waals surface area contributed by atoms with Crippen LogP contribution in [0.4, 0.5) is 0 Å². The number of nitrogens with two attached hydrogens (primary N) is 1. The molecule has 1 amide bonds. The quantitative estimate of drug-likeness (QED) is 0.943. The van der Waals surface area contributed by atoms with Crippen molar-refractivity contribution in [1.82, 2.24) is 0 Å². The van der Waals surface area contributed by atoms with Crippen LogP contribution in [0.15, 0.2) is 48.5 Å². The normalized spacial score (nSPS) is 18.5. The van der Waals surface area contributed by atoms with Crippen LogP contribution in [0.5, 0.6) is 0 Å². The molecule has 3 rings (SSSR count). The summed E-state index contributed by atoms with van der Waals surface area (Å²) >= 11 is 0. The predicted molar refractivity (Wildman–Crippen MR) is 88.9 cm³/mol. The number of hydrogen-bond donors (Lipinski definition) is 1. The maximum Gasteiger partial charge on any atom is 0.248 e. The first-order valence-corrected chi connectivity index (χ1v) is 8.87. The topological polar surface area (TPSA) is 60.2 Å². The Morgan fingerprint density at radius 3 is 2.59 bits per heavy atom. The summed E-state index contributed by atoms with van der Waals surface area (Å²) in [6, 6.07) is 15.4. The number of aryl methyl sites for hydroxylation is 1. The minimum Gasteiger partial charge on any atom is -0.366 e. The van der Waals surface area contributed by atoms with E-state index < -0.39 is 16.7 Å². The van der Waals surface area contributed by atoms with E-state index in [-0.39, 0.29) is 5.25 Å². The summed E-state index contributed by atoms with van der Waals surface area (Å²) in [5, 5.41) is 0.112. The molecule has 0 aliphatic heterocycles. The van der Waals surface area contributed by atoms with Crippen molar-refractivity contribution in [1.29, 1.82) is 0 Å². The van der Waals surface area contributed by atoms with Gasteiger partial charge in [0.1, 0.15) is 0 Å². The Labute approximate surface area is 133 Å². The predicted octanol–water partition coefficient (Wildman–Crippen LogP) is 3.11. The average molecular weight is 313 g/mol. The summed E-state index contributed by atoms with van der Waals surface area (Å²) in [6.45, 7) is 0. The third kappa shape index (κ3) is 3.12. The van der Waals surface area contributed by atoms with Crippen molar-refractivity contribution in [3.63, 3.8) is 0 Å². The Bertz CT molecular complexity index is 709. The Kier molecular flexibility index (Phi) is 4.39. The summed E-state index contributed by atoms with van der Waals surface area (Å²) < 4.78 is 12.8. The zero-order valence-corrected chi connectivity index (χ0v) is 13.1. The van der Waals surface area contributed by atoms with Crippen molar-refractivity contribution in [3.05, 3.63) is 70.8 Å². The molecule has 2 aromatic rings. The van der Waals surface area contributed by atoms with Gasteiger partial charge in [0.15, 0.2) is 0 Å². The van der Waals surface area contributed by atoms with Crippen molar-refractivity contribution in [2.45, 2.75) is 30.3 Å². The molecule has 0 saturated carbocycles. The highest BCUT2D eigenvalue weighted by Gasteiger charge is 2.24. The molecular formula is C18H19NO2S. The Hall–Kier alpha value is -1.94. The molecule has 0 saturated heterocycles. The number of rotatable bonds is 4. The van der Waals surface area contributed by atoms with Crippen LogP contribution in [0.2, 0.25) is 0 Å². The fourth-order valence-corrected chi connectivity index (χ4v) is 4.68. The van der Waals surface area contributed by atoms with Crippen molar-refractivity contribution in [2.24, 2.45) is 5.73 Å². The molecule has 2 atom stereocenters. The second kappa shape index (κ2) is 6.44. The van der Waals surface area contributed by atoms with Crippen LogP contribution in [-0.4, -0.2) is 10.1 Å². The summed E-state index contributed by atoms with van der Waals surface area (Å²) in [5.74, 6) is 0.0757. The molecule has 0 unspecified atom stereocenters. The molecule has 0 heterocycles. The molecule has 0 bridgehead atoms. The number of carbonyl (C=O) groups is 1. The molecule has 22 heavy (non-hydrogen) atoms. The van der Waals surface area contributed by atoms with Crippen molar-refractivity contribution in [2.75, 3.05) is 0 Å². The van der Waals surface area contributed by atoms with Gasteiger partial charge in [-0.1, -0.05) is 36.4 Å². The Morgan fingerprint density at radius 2 is 1.86 bits per heavy atom. The van der Waals surface area contributed by atoms with Crippen LogP contribution < -0.4 is 5.73 Å². The SMILES string of the molecule is NC(=O)c1ccc(C[S@](=O)[C@@H]2CCCc3ccccc32)cc1. The molecule has 0 spiro atoms. The van der Waals surface area contributed by atoms with E-state index in [4.69, 9.17) is 5.73 Å². The van der Waals surface area contributed by atoms with Crippen LogP contribution >= 0.6 is 0 Å². The van der Waals surface area contributed by atoms with Crippen LogP contribution in [0.1, 0.15) is 45.1 Å². The van der Waals surface area contributed by atoms with E-state index in [0.717, 1.165) is 24.8 Å². The third-order valence-corrected chi connectivity index (χ3v) is 5.92. The average Bonchev–Trinajstić information content (AvgIpc) is 2.54. The van der Waals surface area contributed by atoms with Gasteiger partial charge in [-0.2, -0.15) is 0 Å². The van der Waals surface area contributed by atoms with Gasteiger partial charge in [-0.15, -0.1) is 0 Å². The van der Waals surface area contributed by atoms with Gasteiger partial charge in [0.2, 0.25) is 5.91 Å². The van der Waals surface area contributed by atoms with Crippen LogP contribution in [0.25, 0.3) is 0 Å². The molecular weight excluding hydrogens is 294 g/mol. The molecule has 4 heteroatoms. The summed E-state index contributed by atoms with van der Waals surface area (Å²) in [7, 11) is -0.952. The molecule has 114 valence electrons. The maximum absolute atomic E-state index is 12.8. The highest BCUT2D eigenvalue weighted by molar-refractivity contribution is 7.84. The minimum atomic E-state index is -0.952. The first kappa shape index (κ1) is 15.0. The standard InChI is InChI=1S/C18H19NO2S/c19-18(20)15-10-8-13(9-11-15)12-22(21)17-7-3-5-14-4-1-2-6-16(14)17/h1-2,4,6,8-11,17H,3,5,7,12H2,(H2,19,20)/t17-,22+/m1/s1. The lowest BCUT2D eigenvalue weighted by Crippen LogP contribution is -2.15. The van der Waals surface area contributed by atoms with E-state index in [0.29, 0.717) is 11.3 Å². The van der Waals surface area contributed by atoms with Gasteiger partial charge in [-0.05, 0) is 48.1 Å². The molecule has 0 aromatic heterocycles. The van der Waals surface area contributed by atoms with Gasteiger partial charge in [-0.25, -0.2) is 0 Å². The Balaban J connectivity index is 1.76. The number of benzene rings is 2. The number of primary amides is 1. The van der Waals surface area contributed by atoms with E-state index >= 15 is 0 Å². The third-order valence-electron chi connectivity index (χ3n) is 4.18. The van der Waals surface area contributed by atoms with Gasteiger partial charge >= 0.3 is 0 Å². The van der Waals surface area contributed by atoms with E-state index in [1.807, 2.05) is 24.3 Å². The first-order valence-electron chi connectivity index (χ1n) is 7.49. The van der Waals surface area contributed by atoms with Crippen molar-refractivity contribution in [3.8, 4) is 0 Å². The van der Waals surface area contributed by atoms with Gasteiger partial charge in [0.25, 0.3) is 0 Å². The molecule has 2 aromatic carbocycles. The van der Waals surface area contributed by atoms with Gasteiger partial charge in [-0.3, -0.25) is 9.00 Å². The largest absolute Gasteiger partial charge is 0.366 e. The molecule has 1 aliphatic carbocycles.